The number of amides is 2. The largest absolute Gasteiger partial charge is 0.354 e. The van der Waals surface area contributed by atoms with Crippen LogP contribution in [0.5, 0.6) is 0 Å². The molecule has 2 aliphatic heterocycles. The van der Waals surface area contributed by atoms with Crippen molar-refractivity contribution in [3.8, 4) is 0 Å². The quantitative estimate of drug-likeness (QED) is 0.692. The first-order valence-corrected chi connectivity index (χ1v) is 12.7. The van der Waals surface area contributed by atoms with E-state index in [-0.39, 0.29) is 17.7 Å². The summed E-state index contributed by atoms with van der Waals surface area (Å²) in [6.07, 6.45) is 4.74. The molecule has 0 aliphatic carbocycles. The number of hydrogen-bond donors (Lipinski definition) is 1. The number of benzene rings is 1. The van der Waals surface area contributed by atoms with Crippen molar-refractivity contribution in [3.05, 3.63) is 29.3 Å². The van der Waals surface area contributed by atoms with Crippen molar-refractivity contribution in [2.75, 3.05) is 58.9 Å². The second-order valence-electron chi connectivity index (χ2n) is 9.07. The van der Waals surface area contributed by atoms with E-state index in [2.05, 4.69) is 28.1 Å². The SMILES string of the molecule is CC(CNC(=O)CN1CCN(CC(=O)N2CCCCCC2)CC1)c1nc2ccccc2s1. The third-order valence-electron chi connectivity index (χ3n) is 6.49. The van der Waals surface area contributed by atoms with E-state index >= 15 is 0 Å². The first-order valence-electron chi connectivity index (χ1n) is 11.9. The molecule has 2 amide bonds. The van der Waals surface area contributed by atoms with Crippen molar-refractivity contribution in [3.63, 3.8) is 0 Å². The zero-order chi connectivity index (χ0) is 22.3. The number of rotatable bonds is 7. The first-order chi connectivity index (χ1) is 15.6. The number of fused-ring (bicyclic) bond motifs is 1. The molecule has 2 aliphatic rings. The van der Waals surface area contributed by atoms with Gasteiger partial charge in [0.2, 0.25) is 11.8 Å². The molecule has 0 spiro atoms. The highest BCUT2D eigenvalue weighted by molar-refractivity contribution is 7.18. The molecule has 1 unspecified atom stereocenters. The molecule has 8 heteroatoms. The fourth-order valence-corrected chi connectivity index (χ4v) is 5.45. The molecule has 2 aromatic rings. The third-order valence-corrected chi connectivity index (χ3v) is 7.76. The zero-order valence-corrected chi connectivity index (χ0v) is 19.9. The Kier molecular flexibility index (Phi) is 8.10. The van der Waals surface area contributed by atoms with Gasteiger partial charge in [0.05, 0.1) is 28.3 Å². The van der Waals surface area contributed by atoms with Gasteiger partial charge in [0.1, 0.15) is 0 Å². The van der Waals surface area contributed by atoms with Gasteiger partial charge < -0.3 is 10.2 Å². The smallest absolute Gasteiger partial charge is 0.236 e. The van der Waals surface area contributed by atoms with E-state index in [0.717, 1.165) is 62.6 Å². The van der Waals surface area contributed by atoms with Crippen LogP contribution in [0.3, 0.4) is 0 Å². The highest BCUT2D eigenvalue weighted by Gasteiger charge is 2.23. The first kappa shape index (κ1) is 23.1. The fraction of sp³-hybridized carbons (Fsp3) is 0.625. The van der Waals surface area contributed by atoms with Gasteiger partial charge in [-0.05, 0) is 25.0 Å². The van der Waals surface area contributed by atoms with Crippen LogP contribution in [0, 0.1) is 0 Å². The summed E-state index contributed by atoms with van der Waals surface area (Å²) in [7, 11) is 0. The normalized spacial score (nSPS) is 19.6. The van der Waals surface area contributed by atoms with Gasteiger partial charge in [0.25, 0.3) is 0 Å². The molecule has 0 saturated carbocycles. The highest BCUT2D eigenvalue weighted by Crippen LogP contribution is 2.26. The number of hydrogen-bond acceptors (Lipinski definition) is 6. The summed E-state index contributed by atoms with van der Waals surface area (Å²) in [5, 5.41) is 4.14. The van der Waals surface area contributed by atoms with Crippen molar-refractivity contribution < 1.29 is 9.59 Å². The van der Waals surface area contributed by atoms with Crippen LogP contribution in [0.15, 0.2) is 24.3 Å². The van der Waals surface area contributed by atoms with Crippen molar-refractivity contribution in [2.24, 2.45) is 0 Å². The Morgan fingerprint density at radius 1 is 0.969 bits per heavy atom. The van der Waals surface area contributed by atoms with Crippen LogP contribution in [-0.2, 0) is 9.59 Å². The molecule has 2 fully saturated rings. The monoisotopic (exact) mass is 457 g/mol. The minimum atomic E-state index is 0.0621. The van der Waals surface area contributed by atoms with Gasteiger partial charge in [0, 0.05) is 51.7 Å². The molecule has 1 N–H and O–H groups in total. The van der Waals surface area contributed by atoms with E-state index in [1.807, 2.05) is 23.1 Å². The van der Waals surface area contributed by atoms with Gasteiger partial charge in [-0.1, -0.05) is 31.9 Å². The summed E-state index contributed by atoms with van der Waals surface area (Å²) in [5.41, 5.74) is 1.03. The summed E-state index contributed by atoms with van der Waals surface area (Å²) in [6.45, 7) is 8.80. The molecule has 174 valence electrons. The average Bonchev–Trinajstić information content (AvgIpc) is 3.05. The Labute approximate surface area is 194 Å². The fourth-order valence-electron chi connectivity index (χ4n) is 4.43. The van der Waals surface area contributed by atoms with E-state index < -0.39 is 0 Å². The molecular formula is C24H35N5O2S. The molecule has 1 aromatic heterocycles. The maximum atomic E-state index is 12.6. The van der Waals surface area contributed by atoms with Crippen LogP contribution in [0.1, 0.15) is 43.5 Å². The number of carbonyl (C=O) groups excluding carboxylic acids is 2. The topological polar surface area (TPSA) is 68.8 Å². The molecule has 1 aromatic carbocycles. The Morgan fingerprint density at radius 3 is 2.31 bits per heavy atom. The minimum Gasteiger partial charge on any atom is -0.354 e. The Bertz CT molecular complexity index is 868. The third kappa shape index (κ3) is 6.27. The Balaban J connectivity index is 1.15. The average molecular weight is 458 g/mol. The van der Waals surface area contributed by atoms with E-state index in [1.165, 1.54) is 17.5 Å². The molecule has 0 bridgehead atoms. The minimum absolute atomic E-state index is 0.0621. The maximum Gasteiger partial charge on any atom is 0.236 e. The van der Waals surface area contributed by atoms with Crippen LogP contribution in [0.25, 0.3) is 10.2 Å². The number of piperazine rings is 1. The molecule has 32 heavy (non-hydrogen) atoms. The number of nitrogens with one attached hydrogen (secondary N) is 1. The molecule has 7 nitrogen and oxygen atoms in total. The second kappa shape index (κ2) is 11.2. The Hall–Kier alpha value is -2.03. The van der Waals surface area contributed by atoms with Crippen molar-refractivity contribution in [2.45, 2.75) is 38.5 Å². The lowest BCUT2D eigenvalue weighted by molar-refractivity contribution is -0.133. The maximum absolute atomic E-state index is 12.6. The van der Waals surface area contributed by atoms with Gasteiger partial charge >= 0.3 is 0 Å². The van der Waals surface area contributed by atoms with E-state index in [0.29, 0.717) is 19.6 Å². The molecule has 0 radical (unpaired) electrons. The summed E-state index contributed by atoms with van der Waals surface area (Å²) in [6, 6.07) is 8.15. The van der Waals surface area contributed by atoms with E-state index in [4.69, 9.17) is 4.98 Å². The van der Waals surface area contributed by atoms with E-state index in [9.17, 15) is 9.59 Å². The summed E-state index contributed by atoms with van der Waals surface area (Å²) >= 11 is 1.70. The molecule has 1 atom stereocenters. The lowest BCUT2D eigenvalue weighted by atomic mass is 10.2. The van der Waals surface area contributed by atoms with Crippen LogP contribution in [0.2, 0.25) is 0 Å². The highest BCUT2D eigenvalue weighted by atomic mass is 32.1. The number of para-hydroxylation sites is 1. The number of likely N-dealkylation sites (tertiary alicyclic amines) is 1. The van der Waals surface area contributed by atoms with Gasteiger partial charge in [-0.25, -0.2) is 4.98 Å². The molecule has 3 heterocycles. The van der Waals surface area contributed by atoms with E-state index in [1.54, 1.807) is 11.3 Å². The predicted octanol–water partition coefficient (Wildman–Crippen LogP) is 2.54. The van der Waals surface area contributed by atoms with Crippen LogP contribution in [0.4, 0.5) is 0 Å². The van der Waals surface area contributed by atoms with Gasteiger partial charge in [-0.2, -0.15) is 0 Å². The standard InChI is InChI=1S/C24H35N5O2S/c1-19(24-26-20-8-4-5-9-21(20)32-24)16-25-22(30)17-27-12-14-28(15-13-27)18-23(31)29-10-6-2-3-7-11-29/h4-5,8-9,19H,2-3,6-7,10-18H2,1H3,(H,25,30). The summed E-state index contributed by atoms with van der Waals surface area (Å²) in [4.78, 5) is 36.2. The number of nitrogens with zero attached hydrogens (tertiary/aromatic N) is 4. The van der Waals surface area contributed by atoms with Crippen molar-refractivity contribution >= 4 is 33.4 Å². The second-order valence-corrected chi connectivity index (χ2v) is 10.1. The molecule has 2 saturated heterocycles. The number of carbonyl (C=O) groups is 2. The van der Waals surface area contributed by atoms with Crippen LogP contribution >= 0.6 is 11.3 Å². The van der Waals surface area contributed by atoms with Gasteiger partial charge in [-0.3, -0.25) is 19.4 Å². The van der Waals surface area contributed by atoms with Crippen LogP contribution in [-0.4, -0.2) is 90.4 Å². The van der Waals surface area contributed by atoms with Gasteiger partial charge in [-0.15, -0.1) is 11.3 Å². The zero-order valence-electron chi connectivity index (χ0n) is 19.1. The number of thiazole rings is 1. The van der Waals surface area contributed by atoms with Crippen molar-refractivity contribution in [1.29, 1.82) is 0 Å². The van der Waals surface area contributed by atoms with Crippen molar-refractivity contribution in [1.82, 2.24) is 25.0 Å². The Morgan fingerprint density at radius 2 is 1.62 bits per heavy atom. The van der Waals surface area contributed by atoms with Gasteiger partial charge in [0.15, 0.2) is 0 Å². The van der Waals surface area contributed by atoms with Crippen LogP contribution < -0.4 is 5.32 Å². The predicted molar refractivity (Wildman–Crippen MR) is 129 cm³/mol. The lowest BCUT2D eigenvalue weighted by Crippen LogP contribution is -2.52. The molecular weight excluding hydrogens is 422 g/mol. The lowest BCUT2D eigenvalue weighted by Gasteiger charge is -2.35. The summed E-state index contributed by atoms with van der Waals surface area (Å²) in [5.74, 6) is 0.521. The summed E-state index contributed by atoms with van der Waals surface area (Å²) < 4.78 is 1.19. The number of aromatic nitrogens is 1. The molecule has 4 rings (SSSR count).